The molecule has 0 aliphatic heterocycles. The second kappa shape index (κ2) is 6.75. The molecule has 2 aromatic rings. The highest BCUT2D eigenvalue weighted by molar-refractivity contribution is 7.92. The number of carboxylic acid groups (broad SMARTS) is 1. The number of methoxy groups -OCH3 is 1. The lowest BCUT2D eigenvalue weighted by atomic mass is 9.97. The number of aryl methyl sites for hydroxylation is 3. The Bertz CT molecular complexity index is 932. The van der Waals surface area contributed by atoms with E-state index in [0.29, 0.717) is 16.7 Å². The summed E-state index contributed by atoms with van der Waals surface area (Å²) in [5, 5.41) is 13.1. The maximum Gasteiger partial charge on any atom is 0.307 e. The zero-order valence-corrected chi connectivity index (χ0v) is 15.6. The molecule has 0 aliphatic rings. The van der Waals surface area contributed by atoms with E-state index in [1.54, 1.807) is 33.9 Å². The Balaban J connectivity index is 2.57. The highest BCUT2D eigenvalue weighted by atomic mass is 32.2. The number of nitrogens with zero attached hydrogens (tertiary/aromatic N) is 2. The quantitative estimate of drug-likeness (QED) is 0.805. The van der Waals surface area contributed by atoms with Crippen molar-refractivity contribution in [3.05, 3.63) is 34.5 Å². The molecule has 0 bridgehead atoms. The van der Waals surface area contributed by atoms with Gasteiger partial charge in [0.2, 0.25) is 0 Å². The number of rotatable bonds is 6. The summed E-state index contributed by atoms with van der Waals surface area (Å²) in [6, 6.07) is 1.68. The number of anilines is 1. The van der Waals surface area contributed by atoms with E-state index in [1.165, 1.54) is 18.0 Å². The molecule has 0 atom stereocenters. The number of sulfonamides is 1. The first-order valence-electron chi connectivity index (χ1n) is 7.48. The summed E-state index contributed by atoms with van der Waals surface area (Å²) in [7, 11) is -0.902. The maximum absolute atomic E-state index is 12.9. The number of nitrogens with one attached hydrogen (secondary N) is 1. The standard InChI is InChI=1S/C16H21N3O5S/c1-9-6-10(2)15(11(3)12(9)7-14(20)21)25(22,23)18-13-8-19(4)17-16(13)24-5/h6,8,18H,7H2,1-5H3,(H,20,21). The Morgan fingerprint density at radius 2 is 1.96 bits per heavy atom. The fourth-order valence-corrected chi connectivity index (χ4v) is 4.47. The SMILES string of the molecule is COc1nn(C)cc1NS(=O)(=O)c1c(C)cc(C)c(CC(=O)O)c1C. The summed E-state index contributed by atoms with van der Waals surface area (Å²) in [6.07, 6.45) is 1.25. The molecule has 0 radical (unpaired) electrons. The van der Waals surface area contributed by atoms with Crippen molar-refractivity contribution in [2.45, 2.75) is 32.1 Å². The molecule has 9 heteroatoms. The largest absolute Gasteiger partial charge is 0.481 e. The molecule has 8 nitrogen and oxygen atoms in total. The minimum atomic E-state index is -3.95. The lowest BCUT2D eigenvalue weighted by Gasteiger charge is -2.17. The minimum Gasteiger partial charge on any atom is -0.481 e. The van der Waals surface area contributed by atoms with Crippen LogP contribution in [0.2, 0.25) is 0 Å². The van der Waals surface area contributed by atoms with Crippen molar-refractivity contribution in [3.8, 4) is 5.88 Å². The van der Waals surface area contributed by atoms with Gasteiger partial charge in [-0.1, -0.05) is 6.07 Å². The van der Waals surface area contributed by atoms with E-state index in [0.717, 1.165) is 5.56 Å². The summed E-state index contributed by atoms with van der Waals surface area (Å²) >= 11 is 0. The molecule has 2 rings (SSSR count). The third-order valence-corrected chi connectivity index (χ3v) is 5.54. The monoisotopic (exact) mass is 367 g/mol. The number of benzene rings is 1. The molecule has 1 aromatic carbocycles. The molecule has 0 unspecified atom stereocenters. The lowest BCUT2D eigenvalue weighted by Crippen LogP contribution is -2.18. The molecule has 0 saturated heterocycles. The zero-order valence-electron chi connectivity index (χ0n) is 14.7. The zero-order chi connectivity index (χ0) is 18.9. The smallest absolute Gasteiger partial charge is 0.307 e. The second-order valence-electron chi connectivity index (χ2n) is 5.84. The van der Waals surface area contributed by atoms with Crippen LogP contribution >= 0.6 is 0 Å². The number of ether oxygens (including phenoxy) is 1. The Morgan fingerprint density at radius 1 is 1.32 bits per heavy atom. The van der Waals surface area contributed by atoms with E-state index in [4.69, 9.17) is 9.84 Å². The predicted molar refractivity (Wildman–Crippen MR) is 92.6 cm³/mol. The van der Waals surface area contributed by atoms with Crippen LogP contribution in [0.3, 0.4) is 0 Å². The van der Waals surface area contributed by atoms with Gasteiger partial charge in [-0.3, -0.25) is 14.2 Å². The normalized spacial score (nSPS) is 11.4. The summed E-state index contributed by atoms with van der Waals surface area (Å²) in [5.74, 6) is -0.862. The topological polar surface area (TPSA) is 111 Å². The van der Waals surface area contributed by atoms with Crippen molar-refractivity contribution in [3.63, 3.8) is 0 Å². The molecule has 25 heavy (non-hydrogen) atoms. The van der Waals surface area contributed by atoms with Crippen LogP contribution in [0.5, 0.6) is 5.88 Å². The molecule has 0 fully saturated rings. The predicted octanol–water partition coefficient (Wildman–Crippen LogP) is 1.78. The van der Waals surface area contributed by atoms with Crippen LogP contribution in [-0.4, -0.2) is 36.4 Å². The molecule has 0 aliphatic carbocycles. The van der Waals surface area contributed by atoms with E-state index in [2.05, 4.69) is 9.82 Å². The van der Waals surface area contributed by atoms with E-state index in [-0.39, 0.29) is 22.9 Å². The van der Waals surface area contributed by atoms with Gasteiger partial charge in [0.1, 0.15) is 5.69 Å². The van der Waals surface area contributed by atoms with Gasteiger partial charge in [-0.15, -0.1) is 5.10 Å². The van der Waals surface area contributed by atoms with E-state index < -0.39 is 16.0 Å². The number of hydrogen-bond acceptors (Lipinski definition) is 5. The van der Waals surface area contributed by atoms with Crippen LogP contribution in [0.1, 0.15) is 22.3 Å². The van der Waals surface area contributed by atoms with Gasteiger partial charge in [-0.25, -0.2) is 8.42 Å². The van der Waals surface area contributed by atoms with E-state index >= 15 is 0 Å². The molecule has 1 heterocycles. The van der Waals surface area contributed by atoms with Crippen molar-refractivity contribution in [2.75, 3.05) is 11.8 Å². The van der Waals surface area contributed by atoms with Gasteiger partial charge in [0.15, 0.2) is 0 Å². The number of aliphatic carboxylic acids is 1. The summed E-state index contributed by atoms with van der Waals surface area (Å²) in [6.45, 7) is 5.07. The van der Waals surface area contributed by atoms with Crippen molar-refractivity contribution in [2.24, 2.45) is 7.05 Å². The highest BCUT2D eigenvalue weighted by Gasteiger charge is 2.25. The average Bonchev–Trinajstić information content (AvgIpc) is 2.81. The van der Waals surface area contributed by atoms with Crippen LogP contribution in [0.25, 0.3) is 0 Å². The van der Waals surface area contributed by atoms with Crippen LogP contribution in [-0.2, 0) is 28.3 Å². The third-order valence-electron chi connectivity index (χ3n) is 3.89. The van der Waals surface area contributed by atoms with Gasteiger partial charge in [-0.2, -0.15) is 0 Å². The Kier molecular flexibility index (Phi) is 5.07. The van der Waals surface area contributed by atoms with Crippen LogP contribution in [0, 0.1) is 20.8 Å². The molecule has 2 N–H and O–H groups in total. The first-order valence-corrected chi connectivity index (χ1v) is 8.97. The summed E-state index contributed by atoms with van der Waals surface area (Å²) in [4.78, 5) is 11.2. The van der Waals surface area contributed by atoms with Crippen LogP contribution in [0.4, 0.5) is 5.69 Å². The molecule has 0 spiro atoms. The lowest BCUT2D eigenvalue weighted by molar-refractivity contribution is -0.136. The van der Waals surface area contributed by atoms with Gasteiger partial charge in [0.25, 0.3) is 15.9 Å². The van der Waals surface area contributed by atoms with Gasteiger partial charge in [0.05, 0.1) is 24.6 Å². The fourth-order valence-electron chi connectivity index (χ4n) is 2.93. The molecular formula is C16H21N3O5S. The van der Waals surface area contributed by atoms with Gasteiger partial charge < -0.3 is 9.84 Å². The van der Waals surface area contributed by atoms with Crippen molar-refractivity contribution >= 4 is 21.7 Å². The van der Waals surface area contributed by atoms with Crippen molar-refractivity contribution in [1.82, 2.24) is 9.78 Å². The van der Waals surface area contributed by atoms with Crippen LogP contribution < -0.4 is 9.46 Å². The summed E-state index contributed by atoms with van der Waals surface area (Å²) < 4.78 is 34.8. The minimum absolute atomic E-state index is 0.0697. The molecule has 136 valence electrons. The van der Waals surface area contributed by atoms with E-state index in [9.17, 15) is 13.2 Å². The first-order chi connectivity index (χ1) is 11.6. The summed E-state index contributed by atoms with van der Waals surface area (Å²) in [5.41, 5.74) is 2.42. The Hall–Kier alpha value is -2.55. The highest BCUT2D eigenvalue weighted by Crippen LogP contribution is 2.30. The Morgan fingerprint density at radius 3 is 2.52 bits per heavy atom. The van der Waals surface area contributed by atoms with Crippen LogP contribution in [0.15, 0.2) is 17.2 Å². The molecule has 0 amide bonds. The maximum atomic E-state index is 12.9. The number of carbonyl (C=O) groups is 1. The molecule has 0 saturated carbocycles. The molecular weight excluding hydrogens is 346 g/mol. The number of aromatic nitrogens is 2. The number of hydrogen-bond donors (Lipinski definition) is 2. The molecule has 1 aromatic heterocycles. The van der Waals surface area contributed by atoms with E-state index in [1.807, 2.05) is 0 Å². The Labute approximate surface area is 146 Å². The number of carboxylic acids is 1. The third kappa shape index (κ3) is 3.76. The van der Waals surface area contributed by atoms with Crippen molar-refractivity contribution < 1.29 is 23.1 Å². The van der Waals surface area contributed by atoms with Crippen molar-refractivity contribution in [1.29, 1.82) is 0 Å². The first kappa shape index (κ1) is 18.8. The van der Waals surface area contributed by atoms with Gasteiger partial charge >= 0.3 is 5.97 Å². The second-order valence-corrected chi connectivity index (χ2v) is 7.46. The van der Waals surface area contributed by atoms with Gasteiger partial charge in [0, 0.05) is 7.05 Å². The van der Waals surface area contributed by atoms with Gasteiger partial charge in [-0.05, 0) is 43.0 Å². The average molecular weight is 367 g/mol. The fraction of sp³-hybridized carbons (Fsp3) is 0.375.